The third-order valence-electron chi connectivity index (χ3n) is 4.23. The molecule has 0 fully saturated rings. The number of rotatable bonds is 9. The number of hydrogen-bond donors (Lipinski definition) is 2. The van der Waals surface area contributed by atoms with Crippen molar-refractivity contribution in [1.82, 2.24) is 10.3 Å². The van der Waals surface area contributed by atoms with E-state index in [9.17, 15) is 28.1 Å². The molecule has 3 aromatic rings. The van der Waals surface area contributed by atoms with Gasteiger partial charge in [-0.1, -0.05) is 0 Å². The molecular formula is C20H17F3N4O4S. The second-order valence-electron chi connectivity index (χ2n) is 6.46. The van der Waals surface area contributed by atoms with Gasteiger partial charge in [-0.05, 0) is 36.4 Å². The van der Waals surface area contributed by atoms with Gasteiger partial charge in [-0.3, -0.25) is 14.9 Å². The van der Waals surface area contributed by atoms with Crippen molar-refractivity contribution in [2.24, 2.45) is 0 Å². The lowest BCUT2D eigenvalue weighted by Gasteiger charge is -2.11. The van der Waals surface area contributed by atoms with E-state index in [1.54, 1.807) is 29.8 Å². The average molecular weight is 466 g/mol. The SMILES string of the molecule is O=C(NCCNc1ccc(C(F)(F)F)cc1[N+](=O)[O-])c1ccc(OCc2cscn2)cc1. The number of carbonyl (C=O) groups excluding carboxylic acids is 1. The lowest BCUT2D eigenvalue weighted by atomic mass is 10.1. The average Bonchev–Trinajstić information content (AvgIpc) is 3.28. The lowest BCUT2D eigenvalue weighted by Crippen LogP contribution is -2.28. The minimum atomic E-state index is -4.68. The van der Waals surface area contributed by atoms with E-state index in [-0.39, 0.29) is 24.7 Å². The maximum Gasteiger partial charge on any atom is 0.416 e. The highest BCUT2D eigenvalue weighted by molar-refractivity contribution is 7.07. The summed E-state index contributed by atoms with van der Waals surface area (Å²) >= 11 is 1.47. The molecule has 168 valence electrons. The number of amides is 1. The normalized spacial score (nSPS) is 11.1. The number of nitrogens with one attached hydrogen (secondary N) is 2. The van der Waals surface area contributed by atoms with E-state index in [2.05, 4.69) is 15.6 Å². The van der Waals surface area contributed by atoms with Gasteiger partial charge in [-0.15, -0.1) is 11.3 Å². The summed E-state index contributed by atoms with van der Waals surface area (Å²) in [6.45, 7) is 0.489. The Morgan fingerprint density at radius 2 is 1.91 bits per heavy atom. The molecule has 1 amide bonds. The van der Waals surface area contributed by atoms with Gasteiger partial charge in [0, 0.05) is 30.1 Å². The van der Waals surface area contributed by atoms with Crippen LogP contribution in [0.3, 0.4) is 0 Å². The van der Waals surface area contributed by atoms with Crippen LogP contribution in [-0.2, 0) is 12.8 Å². The van der Waals surface area contributed by atoms with Gasteiger partial charge < -0.3 is 15.4 Å². The summed E-state index contributed by atoms with van der Waals surface area (Å²) in [4.78, 5) is 26.5. The number of hydrogen-bond acceptors (Lipinski definition) is 7. The predicted octanol–water partition coefficient (Wildman–Crippen LogP) is 4.49. The first-order chi connectivity index (χ1) is 15.2. The smallest absolute Gasteiger partial charge is 0.416 e. The standard InChI is InChI=1S/C20H17F3N4O4S/c21-20(22,23)14-3-6-17(18(9-14)27(29)30)24-7-8-25-19(28)13-1-4-16(5-2-13)31-10-15-11-32-12-26-15/h1-6,9,11-12,24H,7-8,10H2,(H,25,28). The summed E-state index contributed by atoms with van der Waals surface area (Å²) in [5.74, 6) is 0.200. The molecule has 2 aromatic carbocycles. The highest BCUT2D eigenvalue weighted by Gasteiger charge is 2.33. The number of ether oxygens (including phenoxy) is 1. The van der Waals surface area contributed by atoms with Gasteiger partial charge in [0.1, 0.15) is 18.0 Å². The molecule has 0 aliphatic rings. The molecule has 1 aromatic heterocycles. The zero-order valence-corrected chi connectivity index (χ0v) is 17.2. The monoisotopic (exact) mass is 466 g/mol. The van der Waals surface area contributed by atoms with Crippen molar-refractivity contribution in [3.63, 3.8) is 0 Å². The van der Waals surface area contributed by atoms with Crippen LogP contribution in [0.1, 0.15) is 21.6 Å². The fraction of sp³-hybridized carbons (Fsp3) is 0.200. The molecule has 0 saturated carbocycles. The second kappa shape index (κ2) is 10.1. The number of anilines is 1. The molecule has 0 atom stereocenters. The Kier molecular flexibility index (Phi) is 7.25. The molecule has 12 heteroatoms. The van der Waals surface area contributed by atoms with Crippen LogP contribution in [0, 0.1) is 10.1 Å². The van der Waals surface area contributed by atoms with Crippen LogP contribution < -0.4 is 15.4 Å². The van der Waals surface area contributed by atoms with Gasteiger partial charge in [0.05, 0.1) is 21.7 Å². The molecular weight excluding hydrogens is 449 g/mol. The number of nitro groups is 1. The van der Waals surface area contributed by atoms with Crippen LogP contribution in [0.5, 0.6) is 5.75 Å². The molecule has 32 heavy (non-hydrogen) atoms. The van der Waals surface area contributed by atoms with Crippen LogP contribution in [0.15, 0.2) is 53.4 Å². The molecule has 0 aliphatic heterocycles. The minimum Gasteiger partial charge on any atom is -0.487 e. The van der Waals surface area contributed by atoms with Gasteiger partial charge in [0.15, 0.2) is 0 Å². The molecule has 0 radical (unpaired) electrons. The van der Waals surface area contributed by atoms with Crippen molar-refractivity contribution < 1.29 is 27.6 Å². The Balaban J connectivity index is 1.49. The van der Waals surface area contributed by atoms with E-state index in [0.29, 0.717) is 24.0 Å². The summed E-state index contributed by atoms with van der Waals surface area (Å²) < 4.78 is 43.8. The fourth-order valence-electron chi connectivity index (χ4n) is 2.65. The van der Waals surface area contributed by atoms with Crippen molar-refractivity contribution in [2.75, 3.05) is 18.4 Å². The number of aromatic nitrogens is 1. The Labute approximate surface area is 184 Å². The van der Waals surface area contributed by atoms with Crippen molar-refractivity contribution in [3.05, 3.63) is 80.3 Å². The lowest BCUT2D eigenvalue weighted by molar-refractivity contribution is -0.384. The second-order valence-corrected chi connectivity index (χ2v) is 7.18. The van der Waals surface area contributed by atoms with Gasteiger partial charge >= 0.3 is 6.18 Å². The summed E-state index contributed by atoms with van der Waals surface area (Å²) in [7, 11) is 0. The molecule has 0 bridgehead atoms. The predicted molar refractivity (Wildman–Crippen MR) is 112 cm³/mol. The zero-order valence-electron chi connectivity index (χ0n) is 16.4. The van der Waals surface area contributed by atoms with Crippen LogP contribution >= 0.6 is 11.3 Å². The maximum atomic E-state index is 12.8. The minimum absolute atomic E-state index is 0.0705. The maximum absolute atomic E-state index is 12.8. The van der Waals surface area contributed by atoms with Crippen molar-refractivity contribution in [3.8, 4) is 5.75 Å². The van der Waals surface area contributed by atoms with Crippen LogP contribution in [0.4, 0.5) is 24.5 Å². The van der Waals surface area contributed by atoms with Crippen LogP contribution in [0.2, 0.25) is 0 Å². The summed E-state index contributed by atoms with van der Waals surface area (Å²) in [5.41, 5.74) is 1.01. The number of thiazole rings is 1. The number of nitro benzene ring substituents is 1. The summed E-state index contributed by atoms with van der Waals surface area (Å²) in [6.07, 6.45) is -4.68. The molecule has 0 spiro atoms. The first kappa shape index (κ1) is 23.0. The van der Waals surface area contributed by atoms with Gasteiger partial charge in [0.25, 0.3) is 11.6 Å². The molecule has 0 unspecified atom stereocenters. The van der Waals surface area contributed by atoms with Crippen molar-refractivity contribution in [1.29, 1.82) is 0 Å². The highest BCUT2D eigenvalue weighted by Crippen LogP contribution is 2.34. The summed E-state index contributed by atoms with van der Waals surface area (Å²) in [6, 6.07) is 8.67. The molecule has 0 aliphatic carbocycles. The molecule has 2 N–H and O–H groups in total. The largest absolute Gasteiger partial charge is 0.487 e. The van der Waals surface area contributed by atoms with Gasteiger partial charge in [0.2, 0.25) is 0 Å². The first-order valence-electron chi connectivity index (χ1n) is 9.21. The van der Waals surface area contributed by atoms with Crippen LogP contribution in [0.25, 0.3) is 0 Å². The Bertz CT molecular complexity index is 1070. The Morgan fingerprint density at radius 1 is 1.16 bits per heavy atom. The van der Waals surface area contributed by atoms with Gasteiger partial charge in [-0.25, -0.2) is 4.98 Å². The number of benzene rings is 2. The number of nitrogens with zero attached hydrogens (tertiary/aromatic N) is 2. The first-order valence-corrected chi connectivity index (χ1v) is 10.2. The van der Waals surface area contributed by atoms with Crippen LogP contribution in [-0.4, -0.2) is 28.9 Å². The van der Waals surface area contributed by atoms with E-state index >= 15 is 0 Å². The third-order valence-corrected chi connectivity index (χ3v) is 4.87. The number of alkyl halides is 3. The molecule has 8 nitrogen and oxygen atoms in total. The van der Waals surface area contributed by atoms with E-state index in [1.807, 2.05) is 5.38 Å². The molecule has 3 rings (SSSR count). The fourth-order valence-corrected chi connectivity index (χ4v) is 3.20. The zero-order chi connectivity index (χ0) is 23.1. The Morgan fingerprint density at radius 3 is 2.53 bits per heavy atom. The Hall–Kier alpha value is -3.67. The van der Waals surface area contributed by atoms with E-state index < -0.39 is 22.4 Å². The van der Waals surface area contributed by atoms with Crippen molar-refractivity contribution >= 4 is 28.6 Å². The van der Waals surface area contributed by atoms with Gasteiger partial charge in [-0.2, -0.15) is 13.2 Å². The number of halogens is 3. The van der Waals surface area contributed by atoms with Crippen molar-refractivity contribution in [2.45, 2.75) is 12.8 Å². The van der Waals surface area contributed by atoms with E-state index in [1.165, 1.54) is 11.3 Å². The third kappa shape index (κ3) is 6.17. The topological polar surface area (TPSA) is 106 Å². The van der Waals surface area contributed by atoms with E-state index in [4.69, 9.17) is 4.74 Å². The summed E-state index contributed by atoms with van der Waals surface area (Å²) in [5, 5.41) is 18.3. The van der Waals surface area contributed by atoms with E-state index in [0.717, 1.165) is 17.8 Å². The molecule has 0 saturated heterocycles. The quantitative estimate of drug-likeness (QED) is 0.273. The highest BCUT2D eigenvalue weighted by atomic mass is 32.1. The number of carbonyl (C=O) groups is 1. The molecule has 1 heterocycles.